The molecule has 1 rings (SSSR count). The fourth-order valence-corrected chi connectivity index (χ4v) is 1.74. The lowest BCUT2D eigenvalue weighted by molar-refractivity contribution is 0.448. The molecule has 0 radical (unpaired) electrons. The Bertz CT molecular complexity index is 457. The third-order valence-electron chi connectivity index (χ3n) is 2.54. The highest BCUT2D eigenvalue weighted by Crippen LogP contribution is 1.80. The third kappa shape index (κ3) is 2.59. The Hall–Kier alpha value is -1.67. The molecule has 0 bridgehead atoms. The van der Waals surface area contributed by atoms with Crippen LogP contribution in [-0.4, -0.2) is 26.8 Å². The van der Waals surface area contributed by atoms with E-state index < -0.39 is 17.1 Å². The van der Waals surface area contributed by atoms with Gasteiger partial charge in [-0.1, -0.05) is 6.92 Å². The maximum Gasteiger partial charge on any atom is 0.336 e. The molecule has 4 N–H and O–H groups in total. The molecular formula is C10H19N5O3. The van der Waals surface area contributed by atoms with Gasteiger partial charge in [0.2, 0.25) is 0 Å². The Morgan fingerprint density at radius 1 is 0.778 bits per heavy atom. The highest BCUT2D eigenvalue weighted by atomic mass is 16.2. The molecule has 102 valence electrons. The summed E-state index contributed by atoms with van der Waals surface area (Å²) in [6, 6.07) is 0. The fourth-order valence-electron chi connectivity index (χ4n) is 1.74. The van der Waals surface area contributed by atoms with E-state index in [0.717, 1.165) is 13.7 Å². The Kier molecular flexibility index (Phi) is 5.05. The Balaban J connectivity index is 3.59. The van der Waals surface area contributed by atoms with E-state index in [9.17, 15) is 14.4 Å². The van der Waals surface area contributed by atoms with Crippen molar-refractivity contribution < 1.29 is 0 Å². The van der Waals surface area contributed by atoms with Gasteiger partial charge in [0.1, 0.15) is 0 Å². The molecule has 0 aromatic carbocycles. The molecule has 0 aliphatic heterocycles. The molecule has 8 heteroatoms. The molecule has 0 amide bonds. The van der Waals surface area contributed by atoms with Crippen LogP contribution in [0.1, 0.15) is 13.3 Å². The maximum absolute atomic E-state index is 12.0. The molecule has 18 heavy (non-hydrogen) atoms. The summed E-state index contributed by atoms with van der Waals surface area (Å²) < 4.78 is 3.01. The minimum atomic E-state index is -0.645. The summed E-state index contributed by atoms with van der Waals surface area (Å²) in [5, 5.41) is 0. The van der Waals surface area contributed by atoms with Gasteiger partial charge in [-0.15, -0.1) is 0 Å². The molecule has 0 saturated carbocycles. The summed E-state index contributed by atoms with van der Waals surface area (Å²) in [6.07, 6.45) is 0.624. The first-order valence-corrected chi connectivity index (χ1v) is 5.93. The van der Waals surface area contributed by atoms with Crippen molar-refractivity contribution in [3.63, 3.8) is 0 Å². The van der Waals surface area contributed by atoms with E-state index in [4.69, 9.17) is 11.5 Å². The van der Waals surface area contributed by atoms with Crippen molar-refractivity contribution in [2.75, 3.05) is 13.1 Å². The molecule has 0 atom stereocenters. The van der Waals surface area contributed by atoms with Crippen LogP contribution < -0.4 is 28.5 Å². The SMILES string of the molecule is CCCn1c(=O)n(CCN)c(=O)n(CCN)c1=O. The van der Waals surface area contributed by atoms with Crippen molar-refractivity contribution >= 4 is 0 Å². The van der Waals surface area contributed by atoms with Crippen molar-refractivity contribution in [1.29, 1.82) is 0 Å². The molecule has 0 unspecified atom stereocenters. The molecule has 0 saturated heterocycles. The quantitative estimate of drug-likeness (QED) is 0.584. The summed E-state index contributed by atoms with van der Waals surface area (Å²) in [4.78, 5) is 35.9. The molecule has 1 aromatic rings. The van der Waals surface area contributed by atoms with Crippen LogP contribution in [0.15, 0.2) is 14.4 Å². The first-order valence-electron chi connectivity index (χ1n) is 5.93. The van der Waals surface area contributed by atoms with Crippen LogP contribution in [-0.2, 0) is 19.6 Å². The van der Waals surface area contributed by atoms with Gasteiger partial charge in [-0.2, -0.15) is 0 Å². The van der Waals surface area contributed by atoms with Gasteiger partial charge < -0.3 is 11.5 Å². The van der Waals surface area contributed by atoms with Crippen LogP contribution in [0.4, 0.5) is 0 Å². The molecule has 0 spiro atoms. The summed E-state index contributed by atoms with van der Waals surface area (Å²) in [7, 11) is 0. The number of rotatable bonds is 6. The van der Waals surface area contributed by atoms with Gasteiger partial charge in [0.25, 0.3) is 0 Å². The van der Waals surface area contributed by atoms with Crippen molar-refractivity contribution in [2.24, 2.45) is 11.5 Å². The van der Waals surface area contributed by atoms with Gasteiger partial charge in [-0.3, -0.25) is 0 Å². The smallest absolute Gasteiger partial charge is 0.329 e. The molecule has 0 aliphatic carbocycles. The second-order valence-electron chi connectivity index (χ2n) is 3.88. The van der Waals surface area contributed by atoms with E-state index in [0.29, 0.717) is 6.42 Å². The molecule has 1 heterocycles. The number of nitrogens with two attached hydrogens (primary N) is 2. The molecule has 1 aromatic heterocycles. The summed E-state index contributed by atoms with van der Waals surface area (Å²) >= 11 is 0. The molecule has 8 nitrogen and oxygen atoms in total. The molecular weight excluding hydrogens is 238 g/mol. The zero-order valence-electron chi connectivity index (χ0n) is 10.5. The number of nitrogens with zero attached hydrogens (tertiary/aromatic N) is 3. The van der Waals surface area contributed by atoms with Gasteiger partial charge in [-0.25, -0.2) is 28.1 Å². The van der Waals surface area contributed by atoms with Crippen LogP contribution >= 0.6 is 0 Å². The second-order valence-corrected chi connectivity index (χ2v) is 3.88. The van der Waals surface area contributed by atoms with Crippen molar-refractivity contribution in [1.82, 2.24) is 13.7 Å². The van der Waals surface area contributed by atoms with Crippen LogP contribution in [0.2, 0.25) is 0 Å². The summed E-state index contributed by atoms with van der Waals surface area (Å²) in [5.41, 5.74) is 8.87. The zero-order valence-corrected chi connectivity index (χ0v) is 10.5. The van der Waals surface area contributed by atoms with E-state index in [1.165, 1.54) is 0 Å². The van der Waals surface area contributed by atoms with E-state index in [1.807, 2.05) is 6.92 Å². The summed E-state index contributed by atoms with van der Waals surface area (Å²) in [6.45, 7) is 2.60. The van der Waals surface area contributed by atoms with Crippen LogP contribution in [0.25, 0.3) is 0 Å². The van der Waals surface area contributed by atoms with Crippen molar-refractivity contribution in [3.05, 3.63) is 31.5 Å². The Morgan fingerprint density at radius 2 is 1.11 bits per heavy atom. The standard InChI is InChI=1S/C10H19N5O3/c1-2-5-13-8(16)14(6-3-11)10(18)15(7-4-12)9(13)17/h2-7,11-12H2,1H3. The first kappa shape index (κ1) is 14.4. The maximum atomic E-state index is 12.0. The Morgan fingerprint density at radius 3 is 1.39 bits per heavy atom. The van der Waals surface area contributed by atoms with Crippen LogP contribution in [0.3, 0.4) is 0 Å². The van der Waals surface area contributed by atoms with Gasteiger partial charge in [0.05, 0.1) is 0 Å². The van der Waals surface area contributed by atoms with Gasteiger partial charge in [-0.05, 0) is 6.42 Å². The van der Waals surface area contributed by atoms with E-state index >= 15 is 0 Å². The van der Waals surface area contributed by atoms with E-state index in [1.54, 1.807) is 0 Å². The van der Waals surface area contributed by atoms with E-state index in [2.05, 4.69) is 0 Å². The zero-order chi connectivity index (χ0) is 13.7. The van der Waals surface area contributed by atoms with Gasteiger partial charge in [0.15, 0.2) is 0 Å². The number of aromatic nitrogens is 3. The lowest BCUT2D eigenvalue weighted by Crippen LogP contribution is -2.55. The predicted molar refractivity (Wildman–Crippen MR) is 67.6 cm³/mol. The lowest BCUT2D eigenvalue weighted by atomic mass is 10.5. The fraction of sp³-hybridized carbons (Fsp3) is 0.700. The van der Waals surface area contributed by atoms with Crippen LogP contribution in [0, 0.1) is 0 Å². The minimum Gasteiger partial charge on any atom is -0.329 e. The summed E-state index contributed by atoms with van der Waals surface area (Å²) in [5.74, 6) is 0. The molecule has 0 aliphatic rings. The minimum absolute atomic E-state index is 0.0895. The molecule has 0 fully saturated rings. The predicted octanol–water partition coefficient (Wildman–Crippen LogP) is -2.50. The first-order chi connectivity index (χ1) is 8.58. The number of hydrogen-bond donors (Lipinski definition) is 2. The average Bonchev–Trinajstić information content (AvgIpc) is 2.35. The van der Waals surface area contributed by atoms with Gasteiger partial charge in [0, 0.05) is 32.7 Å². The van der Waals surface area contributed by atoms with Crippen molar-refractivity contribution in [2.45, 2.75) is 33.0 Å². The second kappa shape index (κ2) is 6.31. The van der Waals surface area contributed by atoms with Crippen LogP contribution in [0.5, 0.6) is 0 Å². The van der Waals surface area contributed by atoms with Gasteiger partial charge >= 0.3 is 17.1 Å². The highest BCUT2D eigenvalue weighted by molar-refractivity contribution is 4.79. The Labute approximate surface area is 103 Å². The lowest BCUT2D eigenvalue weighted by Gasteiger charge is -2.12. The highest BCUT2D eigenvalue weighted by Gasteiger charge is 2.13. The van der Waals surface area contributed by atoms with E-state index in [-0.39, 0.29) is 32.7 Å². The number of hydrogen-bond acceptors (Lipinski definition) is 5. The van der Waals surface area contributed by atoms with Crippen molar-refractivity contribution in [3.8, 4) is 0 Å². The normalized spacial score (nSPS) is 10.8. The average molecular weight is 257 g/mol. The monoisotopic (exact) mass is 257 g/mol. The largest absolute Gasteiger partial charge is 0.336 e. The topological polar surface area (TPSA) is 118 Å². The third-order valence-corrected chi connectivity index (χ3v) is 2.54.